The summed E-state index contributed by atoms with van der Waals surface area (Å²) in [4.78, 5) is 11.3. The summed E-state index contributed by atoms with van der Waals surface area (Å²) in [6, 6.07) is 6.41. The van der Waals surface area contributed by atoms with Crippen molar-refractivity contribution >= 4 is 32.6 Å². The quantitative estimate of drug-likeness (QED) is 0.602. The molecule has 0 aliphatic heterocycles. The molecule has 1 saturated carbocycles. The van der Waals surface area contributed by atoms with E-state index in [1.54, 1.807) is 22.9 Å². The van der Waals surface area contributed by atoms with Gasteiger partial charge in [-0.1, -0.05) is 0 Å². The molecule has 0 bridgehead atoms. The van der Waals surface area contributed by atoms with Gasteiger partial charge in [-0.15, -0.1) is 11.3 Å². The van der Waals surface area contributed by atoms with Crippen LogP contribution >= 0.6 is 11.3 Å². The molecule has 1 atom stereocenters. The molecule has 0 aromatic carbocycles. The van der Waals surface area contributed by atoms with Crippen LogP contribution in [0.25, 0.3) is 32.4 Å². The van der Waals surface area contributed by atoms with Gasteiger partial charge < -0.3 is 5.11 Å². The predicted octanol–water partition coefficient (Wildman–Crippen LogP) is 4.18. The Kier molecular flexibility index (Phi) is 3.20. The fourth-order valence-corrected chi connectivity index (χ4v) is 4.26. The molecule has 0 unspecified atom stereocenters. The summed E-state index contributed by atoms with van der Waals surface area (Å²) in [5.41, 5.74) is 4.14. The molecule has 4 aromatic heterocycles. The molecule has 1 N–H and O–H groups in total. The van der Waals surface area contributed by atoms with Crippen molar-refractivity contribution in [1.29, 1.82) is 0 Å². The first-order chi connectivity index (χ1) is 12.1. The Morgan fingerprint density at radius 3 is 2.88 bits per heavy atom. The maximum atomic E-state index is 9.98. The minimum absolute atomic E-state index is 0.477. The summed E-state index contributed by atoms with van der Waals surface area (Å²) in [6.45, 7) is 1.80. The Labute approximate surface area is 149 Å². The first-order valence-electron chi connectivity index (χ1n) is 8.51. The van der Waals surface area contributed by atoms with Crippen LogP contribution in [-0.4, -0.2) is 24.9 Å². The molecule has 126 valence electrons. The van der Waals surface area contributed by atoms with Crippen molar-refractivity contribution in [2.24, 2.45) is 7.05 Å². The number of rotatable bonds is 3. The van der Waals surface area contributed by atoms with E-state index in [4.69, 9.17) is 4.98 Å². The Morgan fingerprint density at radius 2 is 2.12 bits per heavy atom. The van der Waals surface area contributed by atoms with Gasteiger partial charge >= 0.3 is 0 Å². The van der Waals surface area contributed by atoms with Crippen molar-refractivity contribution in [1.82, 2.24) is 19.7 Å². The molecule has 4 heterocycles. The second-order valence-corrected chi connectivity index (χ2v) is 7.91. The van der Waals surface area contributed by atoms with Crippen LogP contribution in [0.5, 0.6) is 0 Å². The summed E-state index contributed by atoms with van der Waals surface area (Å²) in [6.07, 6.45) is 5.83. The first kappa shape index (κ1) is 15.0. The molecule has 25 heavy (non-hydrogen) atoms. The summed E-state index contributed by atoms with van der Waals surface area (Å²) in [5.74, 6) is 0.579. The highest BCUT2D eigenvalue weighted by Gasteiger charge is 2.27. The van der Waals surface area contributed by atoms with Crippen molar-refractivity contribution < 1.29 is 5.11 Å². The third kappa shape index (κ3) is 2.53. The second-order valence-electron chi connectivity index (χ2n) is 6.85. The molecular weight excluding hydrogens is 332 g/mol. The van der Waals surface area contributed by atoms with E-state index in [1.807, 2.05) is 19.4 Å². The fourth-order valence-electron chi connectivity index (χ4n) is 3.26. The third-order valence-corrected chi connectivity index (χ3v) is 5.94. The van der Waals surface area contributed by atoms with Crippen molar-refractivity contribution in [2.75, 3.05) is 0 Å². The van der Waals surface area contributed by atoms with Gasteiger partial charge in [0.15, 0.2) is 5.65 Å². The zero-order valence-electron chi connectivity index (χ0n) is 14.1. The lowest BCUT2D eigenvalue weighted by Crippen LogP contribution is -1.90. The summed E-state index contributed by atoms with van der Waals surface area (Å²) in [7, 11) is 1.91. The van der Waals surface area contributed by atoms with E-state index >= 15 is 0 Å². The average Bonchev–Trinajstić information content (AvgIpc) is 3.23. The molecule has 4 aromatic rings. The zero-order valence-corrected chi connectivity index (χ0v) is 14.9. The van der Waals surface area contributed by atoms with Crippen LogP contribution in [0.15, 0.2) is 30.6 Å². The molecule has 0 radical (unpaired) electrons. The smallest absolute Gasteiger partial charge is 0.181 e. The Hall–Kier alpha value is -2.31. The summed E-state index contributed by atoms with van der Waals surface area (Å²) < 4.78 is 1.79. The second kappa shape index (κ2) is 5.34. The molecule has 6 heteroatoms. The van der Waals surface area contributed by atoms with E-state index < -0.39 is 6.10 Å². The van der Waals surface area contributed by atoms with Gasteiger partial charge in [0.2, 0.25) is 0 Å². The average molecular weight is 350 g/mol. The van der Waals surface area contributed by atoms with Crippen molar-refractivity contribution in [3.05, 3.63) is 41.2 Å². The van der Waals surface area contributed by atoms with Crippen molar-refractivity contribution in [3.8, 4) is 11.1 Å². The van der Waals surface area contributed by atoms with Gasteiger partial charge in [0.1, 0.15) is 4.83 Å². The van der Waals surface area contributed by atoms with Gasteiger partial charge in [0, 0.05) is 52.3 Å². The predicted molar refractivity (Wildman–Crippen MR) is 99.7 cm³/mol. The van der Waals surface area contributed by atoms with Gasteiger partial charge in [-0.2, -0.15) is 5.10 Å². The number of hydrogen-bond acceptors (Lipinski definition) is 5. The molecular formula is C19H18N4OS. The number of thiophene rings is 1. The number of aliphatic hydroxyl groups is 1. The number of aliphatic hydroxyl groups excluding tert-OH is 1. The normalized spacial score (nSPS) is 16.0. The Bertz CT molecular complexity index is 1110. The van der Waals surface area contributed by atoms with Crippen molar-refractivity contribution in [3.63, 3.8) is 0 Å². The van der Waals surface area contributed by atoms with E-state index in [0.717, 1.165) is 42.9 Å². The standard InChI is InChI=1S/C19H18N4OS/c1-10(24)17-7-15-14(6-16(11-3-4-11)21-19(15)25-17)12-5-13-9-23(2)22-18(13)20-8-12/h5-11,24H,3-4H2,1-2H3/t10-/m0/s1. The monoisotopic (exact) mass is 350 g/mol. The lowest BCUT2D eigenvalue weighted by molar-refractivity contribution is 0.203. The first-order valence-corrected chi connectivity index (χ1v) is 9.32. The van der Waals surface area contributed by atoms with E-state index in [9.17, 15) is 5.11 Å². The lowest BCUT2D eigenvalue weighted by atomic mass is 10.0. The number of aryl methyl sites for hydroxylation is 1. The molecule has 0 amide bonds. The largest absolute Gasteiger partial charge is 0.388 e. The lowest BCUT2D eigenvalue weighted by Gasteiger charge is -2.06. The maximum absolute atomic E-state index is 9.98. The third-order valence-electron chi connectivity index (χ3n) is 4.74. The van der Waals surface area contributed by atoms with Gasteiger partial charge in [0.05, 0.1) is 6.10 Å². The van der Waals surface area contributed by atoms with E-state index in [0.29, 0.717) is 5.92 Å². The highest BCUT2D eigenvalue weighted by Crippen LogP contribution is 2.43. The molecule has 0 saturated heterocycles. The van der Waals surface area contributed by atoms with Crippen LogP contribution in [0.3, 0.4) is 0 Å². The minimum atomic E-state index is -0.477. The zero-order chi connectivity index (χ0) is 17.1. The topological polar surface area (TPSA) is 63.8 Å². The number of aromatic nitrogens is 4. The number of hydrogen-bond donors (Lipinski definition) is 1. The molecule has 5 rings (SSSR count). The number of fused-ring (bicyclic) bond motifs is 2. The number of pyridine rings is 2. The van der Waals surface area contributed by atoms with Crippen LogP contribution in [0, 0.1) is 0 Å². The van der Waals surface area contributed by atoms with Crippen LogP contribution < -0.4 is 0 Å². The molecule has 0 spiro atoms. The van der Waals surface area contributed by atoms with Crippen molar-refractivity contribution in [2.45, 2.75) is 31.8 Å². The van der Waals surface area contributed by atoms with Crippen LogP contribution in [0.4, 0.5) is 0 Å². The summed E-state index contributed by atoms with van der Waals surface area (Å²) in [5, 5.41) is 16.5. The van der Waals surface area contributed by atoms with Crippen LogP contribution in [-0.2, 0) is 7.05 Å². The maximum Gasteiger partial charge on any atom is 0.181 e. The minimum Gasteiger partial charge on any atom is -0.388 e. The Balaban J connectivity index is 1.76. The van der Waals surface area contributed by atoms with Gasteiger partial charge in [-0.3, -0.25) is 4.68 Å². The SMILES string of the molecule is C[C@H](O)c1cc2c(-c3cnc4nn(C)cc4c3)cc(C3CC3)nc2s1. The van der Waals surface area contributed by atoms with E-state index in [-0.39, 0.29) is 0 Å². The van der Waals surface area contributed by atoms with Crippen LogP contribution in [0.1, 0.15) is 42.4 Å². The van der Waals surface area contributed by atoms with E-state index in [2.05, 4.69) is 28.3 Å². The number of nitrogens with zero attached hydrogens (tertiary/aromatic N) is 4. The van der Waals surface area contributed by atoms with Gasteiger partial charge in [-0.05, 0) is 43.5 Å². The molecule has 1 aliphatic carbocycles. The Morgan fingerprint density at radius 1 is 1.28 bits per heavy atom. The molecule has 5 nitrogen and oxygen atoms in total. The van der Waals surface area contributed by atoms with Gasteiger partial charge in [0.25, 0.3) is 0 Å². The summed E-state index contributed by atoms with van der Waals surface area (Å²) >= 11 is 1.58. The fraction of sp³-hybridized carbons (Fsp3) is 0.316. The van der Waals surface area contributed by atoms with Gasteiger partial charge in [-0.25, -0.2) is 9.97 Å². The van der Waals surface area contributed by atoms with Crippen LogP contribution in [0.2, 0.25) is 0 Å². The molecule has 1 fully saturated rings. The molecule has 1 aliphatic rings. The highest BCUT2D eigenvalue weighted by atomic mass is 32.1. The highest BCUT2D eigenvalue weighted by molar-refractivity contribution is 7.18. The van der Waals surface area contributed by atoms with E-state index in [1.165, 1.54) is 12.8 Å².